The van der Waals surface area contributed by atoms with Crippen LogP contribution in [0.2, 0.25) is 0 Å². The van der Waals surface area contributed by atoms with Crippen LogP contribution in [0.15, 0.2) is 28.5 Å². The van der Waals surface area contributed by atoms with Crippen LogP contribution in [0.4, 0.5) is 9.18 Å². The monoisotopic (exact) mass is 456 g/mol. The van der Waals surface area contributed by atoms with Gasteiger partial charge in [-0.15, -0.1) is 11.3 Å². The van der Waals surface area contributed by atoms with Crippen LogP contribution in [0.3, 0.4) is 0 Å². The Kier molecular flexibility index (Phi) is 6.97. The molecular weight excluding hydrogens is 431 g/mol. The second-order valence-corrected chi connectivity index (χ2v) is 10.4. The molecule has 30 heavy (non-hydrogen) atoms. The molecule has 10 heteroatoms. The second kappa shape index (κ2) is 9.30. The molecule has 0 radical (unpaired) electrons. The standard InChI is InChI=1S/C20H25FN2O5S2/c1-13(2)28-20(24)23-8-6-14(7-9-23)19-22-15(12-29-19)11-27-18-5-4-16(10-17(18)21)30(3,25)26/h4-5,10,12-14H,6-9,11H2,1-3H3. The summed E-state index contributed by atoms with van der Waals surface area (Å²) < 4.78 is 47.8. The quantitative estimate of drug-likeness (QED) is 0.653. The first-order valence-corrected chi connectivity index (χ1v) is 12.4. The average Bonchev–Trinajstić information content (AvgIpc) is 3.15. The molecule has 0 unspecified atom stereocenters. The highest BCUT2D eigenvalue weighted by atomic mass is 32.2. The van der Waals surface area contributed by atoms with E-state index in [4.69, 9.17) is 9.47 Å². The van der Waals surface area contributed by atoms with E-state index in [-0.39, 0.29) is 35.4 Å². The molecule has 0 N–H and O–H groups in total. The van der Waals surface area contributed by atoms with Crippen molar-refractivity contribution in [3.05, 3.63) is 40.1 Å². The molecule has 0 spiro atoms. The number of hydrogen-bond acceptors (Lipinski definition) is 7. The maximum absolute atomic E-state index is 14.1. The smallest absolute Gasteiger partial charge is 0.410 e. The van der Waals surface area contributed by atoms with Crippen LogP contribution in [0.25, 0.3) is 0 Å². The molecule has 1 aliphatic rings. The third kappa shape index (κ3) is 5.69. The average molecular weight is 457 g/mol. The van der Waals surface area contributed by atoms with Crippen molar-refractivity contribution in [1.29, 1.82) is 0 Å². The lowest BCUT2D eigenvalue weighted by Gasteiger charge is -2.30. The number of amides is 1. The first-order chi connectivity index (χ1) is 14.1. The third-order valence-corrected chi connectivity index (χ3v) is 6.88. The number of carbonyl (C=O) groups excluding carboxylic acids is 1. The van der Waals surface area contributed by atoms with Crippen molar-refractivity contribution in [3.63, 3.8) is 0 Å². The molecule has 3 rings (SSSR count). The van der Waals surface area contributed by atoms with Crippen LogP contribution < -0.4 is 4.74 Å². The summed E-state index contributed by atoms with van der Waals surface area (Å²) in [5, 5.41) is 2.84. The number of carbonyl (C=O) groups is 1. The van der Waals surface area contributed by atoms with Crippen molar-refractivity contribution < 1.29 is 27.1 Å². The molecule has 1 fully saturated rings. The zero-order valence-corrected chi connectivity index (χ0v) is 18.8. The lowest BCUT2D eigenvalue weighted by atomic mass is 9.98. The summed E-state index contributed by atoms with van der Waals surface area (Å²) in [6.45, 7) is 5.00. The number of halogens is 1. The summed E-state index contributed by atoms with van der Waals surface area (Å²) in [6.07, 6.45) is 2.23. The van der Waals surface area contributed by atoms with E-state index in [1.807, 2.05) is 19.2 Å². The molecule has 2 heterocycles. The van der Waals surface area contributed by atoms with Crippen molar-refractivity contribution in [2.45, 2.75) is 50.2 Å². The fraction of sp³-hybridized carbons (Fsp3) is 0.500. The first-order valence-electron chi connectivity index (χ1n) is 9.65. The van der Waals surface area contributed by atoms with Gasteiger partial charge in [-0.2, -0.15) is 0 Å². The van der Waals surface area contributed by atoms with Gasteiger partial charge in [0.25, 0.3) is 0 Å². The molecule has 7 nitrogen and oxygen atoms in total. The Hall–Kier alpha value is -2.20. The van der Waals surface area contributed by atoms with Crippen LogP contribution in [-0.4, -0.2) is 49.8 Å². The molecule has 1 aliphatic heterocycles. The zero-order valence-electron chi connectivity index (χ0n) is 17.1. The molecule has 164 valence electrons. The lowest BCUT2D eigenvalue weighted by Crippen LogP contribution is -2.39. The molecule has 2 aromatic rings. The van der Waals surface area contributed by atoms with Crippen LogP contribution in [-0.2, 0) is 21.2 Å². The Labute approximate surface area is 179 Å². The molecule has 1 amide bonds. The molecule has 0 saturated carbocycles. The normalized spacial score (nSPS) is 15.4. The summed E-state index contributed by atoms with van der Waals surface area (Å²) in [4.78, 5) is 18.2. The van der Waals surface area contributed by atoms with Gasteiger partial charge in [0.1, 0.15) is 6.61 Å². The number of thiazole rings is 1. The minimum atomic E-state index is -3.47. The van der Waals surface area contributed by atoms with E-state index in [2.05, 4.69) is 4.98 Å². The van der Waals surface area contributed by atoms with Crippen molar-refractivity contribution >= 4 is 27.3 Å². The number of sulfone groups is 1. The van der Waals surface area contributed by atoms with Gasteiger partial charge in [0.2, 0.25) is 0 Å². The van der Waals surface area contributed by atoms with E-state index in [0.29, 0.717) is 18.8 Å². The summed E-state index contributed by atoms with van der Waals surface area (Å²) in [5.41, 5.74) is 0.684. The van der Waals surface area contributed by atoms with Gasteiger partial charge in [-0.05, 0) is 44.9 Å². The molecule has 0 atom stereocenters. The predicted molar refractivity (Wildman–Crippen MR) is 111 cm³/mol. The van der Waals surface area contributed by atoms with E-state index >= 15 is 0 Å². The van der Waals surface area contributed by atoms with E-state index in [0.717, 1.165) is 30.2 Å². The molecular formula is C20H25FN2O5S2. The number of aromatic nitrogens is 1. The van der Waals surface area contributed by atoms with E-state index in [9.17, 15) is 17.6 Å². The summed E-state index contributed by atoms with van der Waals surface area (Å²) >= 11 is 1.52. The van der Waals surface area contributed by atoms with Crippen LogP contribution in [0, 0.1) is 5.82 Å². The van der Waals surface area contributed by atoms with Crippen molar-refractivity contribution in [2.75, 3.05) is 19.3 Å². The Morgan fingerprint density at radius 1 is 1.33 bits per heavy atom. The highest BCUT2D eigenvalue weighted by Gasteiger charge is 2.27. The second-order valence-electron chi connectivity index (χ2n) is 7.52. The Morgan fingerprint density at radius 2 is 2.03 bits per heavy atom. The van der Waals surface area contributed by atoms with Crippen molar-refractivity contribution in [2.24, 2.45) is 0 Å². The number of piperidine rings is 1. The predicted octanol–water partition coefficient (Wildman–Crippen LogP) is 3.99. The lowest BCUT2D eigenvalue weighted by molar-refractivity contribution is 0.0691. The van der Waals surface area contributed by atoms with Gasteiger partial charge in [-0.1, -0.05) is 0 Å². The number of hydrogen-bond donors (Lipinski definition) is 0. The minimum Gasteiger partial charge on any atom is -0.484 e. The van der Waals surface area contributed by atoms with Gasteiger partial charge < -0.3 is 14.4 Å². The SMILES string of the molecule is CC(C)OC(=O)N1CCC(c2nc(COc3ccc(S(C)(=O)=O)cc3F)cs2)CC1. The van der Waals surface area contributed by atoms with Crippen LogP contribution >= 0.6 is 11.3 Å². The molecule has 1 aromatic heterocycles. The van der Waals surface area contributed by atoms with E-state index < -0.39 is 15.7 Å². The minimum absolute atomic E-state index is 0.0195. The Balaban J connectivity index is 1.54. The summed E-state index contributed by atoms with van der Waals surface area (Å²) in [7, 11) is -3.47. The van der Waals surface area contributed by atoms with Crippen LogP contribution in [0.5, 0.6) is 5.75 Å². The summed E-state index contributed by atoms with van der Waals surface area (Å²) in [6, 6.07) is 3.58. The molecule has 0 aliphatic carbocycles. The van der Waals surface area contributed by atoms with Crippen molar-refractivity contribution in [3.8, 4) is 5.75 Å². The number of ether oxygens (including phenoxy) is 2. The van der Waals surface area contributed by atoms with Gasteiger partial charge in [0.05, 0.1) is 21.7 Å². The van der Waals surface area contributed by atoms with E-state index in [1.54, 1.807) is 4.90 Å². The fourth-order valence-electron chi connectivity index (χ4n) is 3.14. The highest BCUT2D eigenvalue weighted by Crippen LogP contribution is 2.31. The van der Waals surface area contributed by atoms with E-state index in [1.165, 1.54) is 23.5 Å². The van der Waals surface area contributed by atoms with Gasteiger partial charge in [-0.25, -0.2) is 22.6 Å². The molecule has 1 aromatic carbocycles. The van der Waals surface area contributed by atoms with Gasteiger partial charge >= 0.3 is 6.09 Å². The highest BCUT2D eigenvalue weighted by molar-refractivity contribution is 7.90. The van der Waals surface area contributed by atoms with Gasteiger partial charge in [0, 0.05) is 30.6 Å². The Morgan fingerprint density at radius 3 is 2.63 bits per heavy atom. The van der Waals surface area contributed by atoms with Crippen LogP contribution in [0.1, 0.15) is 43.3 Å². The Bertz CT molecular complexity index is 998. The number of benzene rings is 1. The first kappa shape index (κ1) is 22.5. The molecule has 1 saturated heterocycles. The summed E-state index contributed by atoms with van der Waals surface area (Å²) in [5.74, 6) is -0.486. The maximum Gasteiger partial charge on any atom is 0.410 e. The van der Waals surface area contributed by atoms with Crippen molar-refractivity contribution in [1.82, 2.24) is 9.88 Å². The molecule has 0 bridgehead atoms. The zero-order chi connectivity index (χ0) is 21.9. The number of nitrogens with zero attached hydrogens (tertiary/aromatic N) is 2. The topological polar surface area (TPSA) is 85.8 Å². The number of likely N-dealkylation sites (tertiary alicyclic amines) is 1. The van der Waals surface area contributed by atoms with Gasteiger partial charge in [0.15, 0.2) is 21.4 Å². The maximum atomic E-state index is 14.1. The largest absolute Gasteiger partial charge is 0.484 e. The fourth-order valence-corrected chi connectivity index (χ4v) is 4.75. The third-order valence-electron chi connectivity index (χ3n) is 4.72. The number of rotatable bonds is 6. The van der Waals surface area contributed by atoms with Gasteiger partial charge in [-0.3, -0.25) is 0 Å².